The number of aromatic amines is 1. The Morgan fingerprint density at radius 3 is 2.21 bits per heavy atom. The van der Waals surface area contributed by atoms with Gasteiger partial charge in [0.05, 0.1) is 5.69 Å². The number of hydrogen-bond acceptors (Lipinski definition) is 3. The van der Waals surface area contributed by atoms with E-state index < -0.39 is 0 Å². The number of nitrogens with one attached hydrogen (secondary N) is 1. The summed E-state index contributed by atoms with van der Waals surface area (Å²) >= 11 is 3.44. The molecule has 0 amide bonds. The van der Waals surface area contributed by atoms with Gasteiger partial charge in [0.25, 0.3) is 5.56 Å². The van der Waals surface area contributed by atoms with E-state index in [0.717, 1.165) is 23.4 Å². The molecule has 4 aliphatic carbocycles. The highest BCUT2D eigenvalue weighted by Crippen LogP contribution is 2.60. The number of nitrogens with two attached hydrogens (primary N) is 1. The molecule has 102 valence electrons. The minimum Gasteiger partial charge on any atom is -0.369 e. The Morgan fingerprint density at radius 1 is 1.16 bits per heavy atom. The van der Waals surface area contributed by atoms with Crippen LogP contribution in [0, 0.1) is 17.8 Å². The highest BCUT2D eigenvalue weighted by Gasteiger charge is 2.53. The second-order valence-corrected chi connectivity index (χ2v) is 7.60. The van der Waals surface area contributed by atoms with Crippen molar-refractivity contribution in [1.82, 2.24) is 9.97 Å². The third-order valence-corrected chi connectivity index (χ3v) is 6.16. The van der Waals surface area contributed by atoms with Gasteiger partial charge in [0.1, 0.15) is 4.47 Å². The molecule has 5 heteroatoms. The average Bonchev–Trinajstić information content (AvgIpc) is 2.32. The van der Waals surface area contributed by atoms with Gasteiger partial charge >= 0.3 is 0 Å². The standard InChI is InChI=1S/C14H18BrN3O/c15-10-11(17-13(16)18-12(10)19)14-4-7-1-8(5-14)3-9(2-7)6-14/h7-9H,1-6H2,(H3,16,17,18,19). The summed E-state index contributed by atoms with van der Waals surface area (Å²) in [4.78, 5) is 19.0. The Kier molecular flexibility index (Phi) is 2.41. The summed E-state index contributed by atoms with van der Waals surface area (Å²) in [7, 11) is 0. The van der Waals surface area contributed by atoms with Crippen LogP contribution in [0.2, 0.25) is 0 Å². The molecule has 0 spiro atoms. The molecule has 5 rings (SSSR count). The van der Waals surface area contributed by atoms with E-state index in [4.69, 9.17) is 5.73 Å². The summed E-state index contributed by atoms with van der Waals surface area (Å²) in [5.74, 6) is 2.75. The first kappa shape index (κ1) is 11.9. The number of hydrogen-bond donors (Lipinski definition) is 2. The van der Waals surface area contributed by atoms with Gasteiger partial charge in [-0.05, 0) is 72.2 Å². The fraction of sp³-hybridized carbons (Fsp3) is 0.714. The number of rotatable bonds is 1. The van der Waals surface area contributed by atoms with Crippen molar-refractivity contribution in [3.63, 3.8) is 0 Å². The van der Waals surface area contributed by atoms with Crippen molar-refractivity contribution in [3.8, 4) is 0 Å². The number of H-pyrrole nitrogens is 1. The topological polar surface area (TPSA) is 71.8 Å². The van der Waals surface area contributed by atoms with Crippen LogP contribution < -0.4 is 11.3 Å². The van der Waals surface area contributed by atoms with E-state index in [1.165, 1.54) is 38.5 Å². The Balaban J connectivity index is 1.86. The summed E-state index contributed by atoms with van der Waals surface area (Å²) < 4.78 is 0.601. The molecule has 3 N–H and O–H groups in total. The molecule has 4 bridgehead atoms. The predicted molar refractivity (Wildman–Crippen MR) is 76.8 cm³/mol. The smallest absolute Gasteiger partial charge is 0.266 e. The van der Waals surface area contributed by atoms with Crippen LogP contribution in [0.25, 0.3) is 0 Å². The van der Waals surface area contributed by atoms with E-state index in [1.54, 1.807) is 0 Å². The van der Waals surface area contributed by atoms with E-state index in [9.17, 15) is 4.79 Å². The molecule has 0 atom stereocenters. The monoisotopic (exact) mass is 323 g/mol. The van der Waals surface area contributed by atoms with Crippen molar-refractivity contribution in [2.24, 2.45) is 17.8 Å². The number of halogens is 1. The zero-order valence-corrected chi connectivity index (χ0v) is 12.4. The molecule has 1 aromatic heterocycles. The Hall–Kier alpha value is -0.840. The summed E-state index contributed by atoms with van der Waals surface area (Å²) in [6, 6.07) is 0. The van der Waals surface area contributed by atoms with Crippen LogP contribution in [0.4, 0.5) is 5.95 Å². The fourth-order valence-electron chi connectivity index (χ4n) is 5.23. The molecule has 4 nitrogen and oxygen atoms in total. The van der Waals surface area contributed by atoms with Crippen LogP contribution in [0.3, 0.4) is 0 Å². The summed E-state index contributed by atoms with van der Waals surface area (Å²) in [6.07, 6.45) is 7.72. The number of nitrogens with zero attached hydrogens (tertiary/aromatic N) is 1. The number of anilines is 1. The molecule has 0 saturated heterocycles. The molecule has 1 aromatic rings. The second kappa shape index (κ2) is 3.84. The van der Waals surface area contributed by atoms with E-state index in [-0.39, 0.29) is 16.9 Å². The molecule has 4 fully saturated rings. The molecule has 0 unspecified atom stereocenters. The summed E-state index contributed by atoms with van der Waals surface area (Å²) in [6.45, 7) is 0. The van der Waals surface area contributed by atoms with Crippen molar-refractivity contribution in [2.45, 2.75) is 43.9 Å². The van der Waals surface area contributed by atoms with Crippen molar-refractivity contribution in [2.75, 3.05) is 5.73 Å². The fourth-order valence-corrected chi connectivity index (χ4v) is 5.84. The maximum absolute atomic E-state index is 11.9. The van der Waals surface area contributed by atoms with Gasteiger partial charge in [-0.2, -0.15) is 0 Å². The van der Waals surface area contributed by atoms with Crippen molar-refractivity contribution in [1.29, 1.82) is 0 Å². The van der Waals surface area contributed by atoms with Gasteiger partial charge in [-0.15, -0.1) is 0 Å². The van der Waals surface area contributed by atoms with Crippen LogP contribution in [-0.2, 0) is 5.41 Å². The third kappa shape index (κ3) is 1.70. The summed E-state index contributed by atoms with van der Waals surface area (Å²) in [5.41, 5.74) is 6.65. The Morgan fingerprint density at radius 2 is 1.68 bits per heavy atom. The maximum atomic E-state index is 11.9. The van der Waals surface area contributed by atoms with Crippen LogP contribution in [0.15, 0.2) is 9.27 Å². The van der Waals surface area contributed by atoms with Gasteiger partial charge in [-0.3, -0.25) is 9.78 Å². The van der Waals surface area contributed by atoms with Crippen LogP contribution in [0.5, 0.6) is 0 Å². The molecular formula is C14H18BrN3O. The molecule has 0 aromatic carbocycles. The van der Waals surface area contributed by atoms with Crippen molar-refractivity contribution in [3.05, 3.63) is 20.5 Å². The zero-order valence-electron chi connectivity index (χ0n) is 10.8. The summed E-state index contributed by atoms with van der Waals surface area (Å²) in [5, 5.41) is 0. The SMILES string of the molecule is Nc1nc(C23CC4CC(CC(C4)C2)C3)c(Br)c(=O)[nH]1. The zero-order chi connectivity index (χ0) is 13.2. The van der Waals surface area contributed by atoms with Gasteiger partial charge < -0.3 is 5.73 Å². The Labute approximate surface area is 120 Å². The van der Waals surface area contributed by atoms with Crippen LogP contribution in [-0.4, -0.2) is 9.97 Å². The molecule has 4 aliphatic rings. The van der Waals surface area contributed by atoms with Gasteiger partial charge in [0.15, 0.2) is 0 Å². The van der Waals surface area contributed by atoms with Crippen molar-refractivity contribution < 1.29 is 0 Å². The molecule has 0 aliphatic heterocycles. The van der Waals surface area contributed by atoms with E-state index in [2.05, 4.69) is 25.9 Å². The lowest BCUT2D eigenvalue weighted by molar-refractivity contribution is -0.00761. The van der Waals surface area contributed by atoms with Crippen LogP contribution in [0.1, 0.15) is 44.2 Å². The van der Waals surface area contributed by atoms with E-state index in [1.807, 2.05) is 0 Å². The first-order valence-electron chi connectivity index (χ1n) is 7.11. The first-order valence-corrected chi connectivity index (χ1v) is 7.91. The van der Waals surface area contributed by atoms with Gasteiger partial charge in [0, 0.05) is 5.41 Å². The van der Waals surface area contributed by atoms with Crippen LogP contribution >= 0.6 is 15.9 Å². The largest absolute Gasteiger partial charge is 0.369 e. The van der Waals surface area contributed by atoms with Gasteiger partial charge in [-0.25, -0.2) is 4.98 Å². The van der Waals surface area contributed by atoms with Gasteiger partial charge in [0.2, 0.25) is 5.95 Å². The van der Waals surface area contributed by atoms with Gasteiger partial charge in [-0.1, -0.05) is 0 Å². The number of nitrogen functional groups attached to an aromatic ring is 1. The Bertz CT molecular complexity index is 560. The molecular weight excluding hydrogens is 306 g/mol. The maximum Gasteiger partial charge on any atom is 0.266 e. The molecule has 4 saturated carbocycles. The average molecular weight is 324 g/mol. The second-order valence-electron chi connectivity index (χ2n) is 6.81. The first-order chi connectivity index (χ1) is 9.06. The minimum atomic E-state index is -0.141. The highest BCUT2D eigenvalue weighted by molar-refractivity contribution is 9.10. The molecule has 19 heavy (non-hydrogen) atoms. The lowest BCUT2D eigenvalue weighted by Gasteiger charge is -2.56. The minimum absolute atomic E-state index is 0.107. The lowest BCUT2D eigenvalue weighted by Crippen LogP contribution is -2.49. The van der Waals surface area contributed by atoms with Crippen molar-refractivity contribution >= 4 is 21.9 Å². The number of aromatic nitrogens is 2. The quantitative estimate of drug-likeness (QED) is 0.834. The van der Waals surface area contributed by atoms with E-state index >= 15 is 0 Å². The van der Waals surface area contributed by atoms with E-state index in [0.29, 0.717) is 4.47 Å². The normalized spacial score (nSPS) is 39.7. The lowest BCUT2D eigenvalue weighted by atomic mass is 9.49. The molecule has 1 heterocycles. The third-order valence-electron chi connectivity index (χ3n) is 5.42. The highest BCUT2D eigenvalue weighted by atomic mass is 79.9. The predicted octanol–water partition coefficient (Wildman–Crippen LogP) is 2.58. The molecule has 0 radical (unpaired) electrons.